The molecule has 0 saturated carbocycles. The van der Waals surface area contributed by atoms with Crippen LogP contribution in [0.2, 0.25) is 4.34 Å². The maximum atomic E-state index is 12.7. The van der Waals surface area contributed by atoms with Crippen LogP contribution in [0.4, 0.5) is 10.5 Å². The van der Waals surface area contributed by atoms with Crippen molar-refractivity contribution in [3.8, 4) is 5.06 Å². The summed E-state index contributed by atoms with van der Waals surface area (Å²) >= 11 is 6.97. The van der Waals surface area contributed by atoms with Crippen LogP contribution >= 0.6 is 22.9 Å². The zero-order chi connectivity index (χ0) is 20.8. The number of carbonyl (C=O) groups is 2. The van der Waals surface area contributed by atoms with Crippen LogP contribution in [0.1, 0.15) is 17.5 Å². The summed E-state index contributed by atoms with van der Waals surface area (Å²) in [5, 5.41) is 5.82. The van der Waals surface area contributed by atoms with E-state index in [0.29, 0.717) is 21.5 Å². The number of nitrogens with two attached hydrogens (primary N) is 1. The van der Waals surface area contributed by atoms with E-state index in [-0.39, 0.29) is 12.5 Å². The van der Waals surface area contributed by atoms with Crippen molar-refractivity contribution >= 4 is 40.6 Å². The molecule has 1 aromatic carbocycles. The molecule has 0 unspecified atom stereocenters. The van der Waals surface area contributed by atoms with E-state index in [1.165, 1.54) is 11.1 Å². The number of halogens is 1. The molecule has 156 valence electrons. The minimum Gasteiger partial charge on any atom is -0.399 e. The number of likely N-dealkylation sites (N-methyl/N-ethyl adjacent to an activating group) is 1. The lowest BCUT2D eigenvalue weighted by Gasteiger charge is -2.18. The van der Waals surface area contributed by atoms with Gasteiger partial charge in [0.2, 0.25) is 5.91 Å². The molecule has 1 atom stereocenters. The van der Waals surface area contributed by atoms with Crippen molar-refractivity contribution in [3.63, 3.8) is 0 Å². The summed E-state index contributed by atoms with van der Waals surface area (Å²) < 4.78 is 5.68. The minimum atomic E-state index is -0.798. The average Bonchev–Trinajstić information content (AvgIpc) is 2.99. The Kier molecular flexibility index (Phi) is 7.49. The van der Waals surface area contributed by atoms with Crippen LogP contribution in [0.3, 0.4) is 0 Å². The first kappa shape index (κ1) is 21.6. The Balaban J connectivity index is 1.62. The predicted octanol–water partition coefficient (Wildman–Crippen LogP) is 2.88. The molecule has 0 saturated heterocycles. The predicted molar refractivity (Wildman–Crippen MR) is 116 cm³/mol. The number of nitrogens with one attached hydrogen (secondary N) is 2. The maximum absolute atomic E-state index is 12.7. The van der Waals surface area contributed by atoms with E-state index in [4.69, 9.17) is 22.1 Å². The Hall–Kier alpha value is -2.13. The molecule has 4 N–H and O–H groups in total. The van der Waals surface area contributed by atoms with Crippen molar-refractivity contribution in [2.24, 2.45) is 5.73 Å². The number of fused-ring (bicyclic) bond motifs is 1. The summed E-state index contributed by atoms with van der Waals surface area (Å²) in [5.41, 5.74) is 8.88. The van der Waals surface area contributed by atoms with Crippen LogP contribution in [0.15, 0.2) is 30.3 Å². The van der Waals surface area contributed by atoms with E-state index in [1.54, 1.807) is 12.1 Å². The first-order chi connectivity index (χ1) is 13.9. The maximum Gasteiger partial charge on any atom is 0.414 e. The summed E-state index contributed by atoms with van der Waals surface area (Å²) in [4.78, 5) is 27.1. The van der Waals surface area contributed by atoms with Crippen molar-refractivity contribution in [2.75, 3.05) is 32.0 Å². The Morgan fingerprint density at radius 2 is 2.00 bits per heavy atom. The Bertz CT molecular complexity index is 873. The lowest BCUT2D eigenvalue weighted by atomic mass is 10.0. The van der Waals surface area contributed by atoms with Gasteiger partial charge in [-0.25, -0.2) is 4.79 Å². The largest absolute Gasteiger partial charge is 0.414 e. The Morgan fingerprint density at radius 3 is 2.69 bits per heavy atom. The molecular weight excluding hydrogens is 412 g/mol. The highest BCUT2D eigenvalue weighted by atomic mass is 35.5. The molecule has 1 aliphatic rings. The number of nitrogens with zero attached hydrogens (tertiary/aromatic N) is 1. The van der Waals surface area contributed by atoms with Crippen molar-refractivity contribution in [3.05, 3.63) is 45.8 Å². The van der Waals surface area contributed by atoms with Gasteiger partial charge in [-0.2, -0.15) is 0 Å². The number of ether oxygens (including phenoxy) is 1. The number of carbonyl (C=O) groups excluding carboxylic acids is 2. The number of anilines is 1. The summed E-state index contributed by atoms with van der Waals surface area (Å²) in [6, 6.07) is 8.40. The monoisotopic (exact) mass is 436 g/mol. The zero-order valence-corrected chi connectivity index (χ0v) is 17.8. The van der Waals surface area contributed by atoms with Crippen LogP contribution < -0.4 is 21.1 Å². The number of hydrogen-bond donors (Lipinski definition) is 3. The molecule has 29 heavy (non-hydrogen) atoms. The van der Waals surface area contributed by atoms with Gasteiger partial charge in [0, 0.05) is 18.8 Å². The molecule has 0 aliphatic carbocycles. The van der Waals surface area contributed by atoms with Crippen LogP contribution in [-0.2, 0) is 17.6 Å². The molecule has 0 fully saturated rings. The number of thiophene rings is 1. The second-order valence-corrected chi connectivity index (χ2v) is 8.68. The first-order valence-electron chi connectivity index (χ1n) is 9.49. The summed E-state index contributed by atoms with van der Waals surface area (Å²) in [6.45, 7) is 2.26. The second-order valence-electron chi connectivity index (χ2n) is 7.00. The van der Waals surface area contributed by atoms with E-state index >= 15 is 0 Å². The molecule has 2 aromatic rings. The fourth-order valence-corrected chi connectivity index (χ4v) is 4.07. The lowest BCUT2D eigenvalue weighted by molar-refractivity contribution is -0.118. The second kappa shape index (κ2) is 10.1. The number of benzene rings is 1. The molecule has 0 spiro atoms. The molecular formula is C20H25ClN4O3S. The smallest absolute Gasteiger partial charge is 0.399 e. The highest BCUT2D eigenvalue weighted by Crippen LogP contribution is 2.28. The van der Waals surface area contributed by atoms with Gasteiger partial charge in [-0.3, -0.25) is 4.79 Å². The third-order valence-corrected chi connectivity index (χ3v) is 5.91. The van der Waals surface area contributed by atoms with E-state index < -0.39 is 12.1 Å². The third kappa shape index (κ3) is 6.17. The van der Waals surface area contributed by atoms with Gasteiger partial charge in [0.15, 0.2) is 5.06 Å². The first-order valence-corrected chi connectivity index (χ1v) is 10.7. The number of hydrogen-bond acceptors (Lipinski definition) is 6. The molecule has 1 aliphatic heterocycles. The molecule has 0 bridgehead atoms. The topological polar surface area (TPSA) is 96.7 Å². The minimum absolute atomic E-state index is 0.250. The van der Waals surface area contributed by atoms with Gasteiger partial charge in [-0.1, -0.05) is 29.0 Å². The fourth-order valence-electron chi connectivity index (χ4n) is 3.20. The summed E-state index contributed by atoms with van der Waals surface area (Å²) in [5.74, 6) is -0.331. The molecule has 0 radical (unpaired) electrons. The van der Waals surface area contributed by atoms with E-state index in [9.17, 15) is 9.59 Å². The molecule has 2 amide bonds. The van der Waals surface area contributed by atoms with Gasteiger partial charge < -0.3 is 26.0 Å². The highest BCUT2D eigenvalue weighted by molar-refractivity contribution is 7.17. The molecule has 9 heteroatoms. The normalized spacial score (nSPS) is 15.1. The standard InChI is InChI=1S/C20H25ClN4O3S/c1-25-10-7-13-2-3-15(12-14(13)8-11-25)23-19(26)16(6-9-22)24-20(27)28-18-5-4-17(21)29-18/h2-5,12,16H,6-11,22H2,1H3,(H,23,26)(H,24,27)/t16-/m1/s1. The van der Waals surface area contributed by atoms with Gasteiger partial charge in [0.25, 0.3) is 0 Å². The van der Waals surface area contributed by atoms with E-state index in [0.717, 1.165) is 37.3 Å². The van der Waals surface area contributed by atoms with Crippen LogP contribution in [-0.4, -0.2) is 49.6 Å². The number of rotatable bonds is 6. The van der Waals surface area contributed by atoms with E-state index in [1.807, 2.05) is 12.1 Å². The van der Waals surface area contributed by atoms with Crippen molar-refractivity contribution in [2.45, 2.75) is 25.3 Å². The quantitative estimate of drug-likeness (QED) is 0.647. The lowest BCUT2D eigenvalue weighted by Crippen LogP contribution is -2.46. The SMILES string of the molecule is CN1CCc2ccc(NC(=O)[C@@H](CCN)NC(=O)Oc3ccc(Cl)s3)cc2CC1. The zero-order valence-electron chi connectivity index (χ0n) is 16.2. The van der Waals surface area contributed by atoms with Crippen LogP contribution in [0.25, 0.3) is 0 Å². The van der Waals surface area contributed by atoms with Crippen molar-refractivity contribution in [1.29, 1.82) is 0 Å². The summed E-state index contributed by atoms with van der Waals surface area (Å²) in [7, 11) is 2.11. The average molecular weight is 437 g/mol. The van der Waals surface area contributed by atoms with Crippen molar-refractivity contribution < 1.29 is 14.3 Å². The van der Waals surface area contributed by atoms with Crippen molar-refractivity contribution in [1.82, 2.24) is 10.2 Å². The molecule has 3 rings (SSSR count). The van der Waals surface area contributed by atoms with Crippen LogP contribution in [0, 0.1) is 0 Å². The summed E-state index contributed by atoms with van der Waals surface area (Å²) in [6.07, 6.45) is 1.51. The van der Waals surface area contributed by atoms with E-state index in [2.05, 4.69) is 28.6 Å². The van der Waals surface area contributed by atoms with Crippen LogP contribution in [0.5, 0.6) is 5.06 Å². The van der Waals surface area contributed by atoms with Gasteiger partial charge in [0.05, 0.1) is 4.34 Å². The van der Waals surface area contributed by atoms with Gasteiger partial charge in [0.1, 0.15) is 6.04 Å². The Labute approximate surface area is 179 Å². The Morgan fingerprint density at radius 1 is 1.24 bits per heavy atom. The van der Waals surface area contributed by atoms with Gasteiger partial charge >= 0.3 is 6.09 Å². The molecule has 2 heterocycles. The number of amides is 2. The third-order valence-electron chi connectivity index (χ3n) is 4.81. The van der Waals surface area contributed by atoms with Gasteiger partial charge in [-0.15, -0.1) is 0 Å². The fraction of sp³-hybridized carbons (Fsp3) is 0.400. The molecule has 7 nitrogen and oxygen atoms in total. The van der Waals surface area contributed by atoms with Gasteiger partial charge in [-0.05, 0) is 68.2 Å². The highest BCUT2D eigenvalue weighted by Gasteiger charge is 2.22. The molecule has 1 aromatic heterocycles.